The zero-order valence-corrected chi connectivity index (χ0v) is 22.0. The van der Waals surface area contributed by atoms with Crippen molar-refractivity contribution in [2.75, 3.05) is 18.5 Å². The van der Waals surface area contributed by atoms with E-state index in [2.05, 4.69) is 15.4 Å². The molecule has 1 atom stereocenters. The topological polar surface area (TPSA) is 89.3 Å². The van der Waals surface area contributed by atoms with E-state index in [0.29, 0.717) is 18.9 Å². The van der Waals surface area contributed by atoms with E-state index in [0.717, 1.165) is 18.4 Å². The Morgan fingerprint density at radius 3 is 2.52 bits per heavy atom. The maximum Gasteiger partial charge on any atom is 0.391 e. The van der Waals surface area contributed by atoms with Crippen molar-refractivity contribution in [3.05, 3.63) is 72.2 Å². The second kappa shape index (κ2) is 12.1. The molecule has 11 heteroatoms. The van der Waals surface area contributed by atoms with Crippen LogP contribution in [0.4, 0.5) is 19.0 Å². The van der Waals surface area contributed by atoms with Gasteiger partial charge in [0.2, 0.25) is 5.91 Å². The quantitative estimate of drug-likeness (QED) is 0.407. The number of aromatic nitrogens is 3. The van der Waals surface area contributed by atoms with E-state index in [1.807, 2.05) is 30.3 Å². The van der Waals surface area contributed by atoms with Crippen LogP contribution in [-0.2, 0) is 11.3 Å². The fourth-order valence-corrected chi connectivity index (χ4v) is 5.53. The highest BCUT2D eigenvalue weighted by Gasteiger charge is 2.44. The average Bonchev–Trinajstić information content (AvgIpc) is 3.61. The SMILES string of the molecule is O=C(Nc1ccn(Cc2ccccc2)n1)c1ncccc1OC[C@H]1CCCN1C(=O)[C@H]1CC[C@H](C(F)(F)F)CC1. The van der Waals surface area contributed by atoms with Crippen molar-refractivity contribution in [3.8, 4) is 5.75 Å². The Morgan fingerprint density at radius 2 is 1.77 bits per heavy atom. The van der Waals surface area contributed by atoms with E-state index in [1.54, 1.807) is 34.0 Å². The number of benzene rings is 1. The minimum Gasteiger partial charge on any atom is -0.489 e. The zero-order chi connectivity index (χ0) is 28.1. The lowest BCUT2D eigenvalue weighted by molar-refractivity contribution is -0.185. The second-order valence-corrected chi connectivity index (χ2v) is 10.4. The number of nitrogens with one attached hydrogen (secondary N) is 1. The molecule has 40 heavy (non-hydrogen) atoms. The van der Waals surface area contributed by atoms with Crippen LogP contribution in [0.1, 0.15) is 54.6 Å². The van der Waals surface area contributed by atoms with Crippen molar-refractivity contribution >= 4 is 17.6 Å². The van der Waals surface area contributed by atoms with E-state index in [4.69, 9.17) is 4.74 Å². The smallest absolute Gasteiger partial charge is 0.391 e. The van der Waals surface area contributed by atoms with Gasteiger partial charge in [0.15, 0.2) is 17.3 Å². The molecular formula is C29H32F3N5O3. The third kappa shape index (κ3) is 6.63. The fourth-order valence-electron chi connectivity index (χ4n) is 5.53. The molecule has 1 aromatic carbocycles. The summed E-state index contributed by atoms with van der Waals surface area (Å²) in [5.74, 6) is -1.61. The molecular weight excluding hydrogens is 523 g/mol. The molecule has 1 saturated heterocycles. The number of hydrogen-bond donors (Lipinski definition) is 1. The summed E-state index contributed by atoms with van der Waals surface area (Å²) in [7, 11) is 0. The van der Waals surface area contributed by atoms with Gasteiger partial charge in [-0.05, 0) is 56.2 Å². The maximum absolute atomic E-state index is 13.2. The Balaban J connectivity index is 1.17. The normalized spacial score (nSPS) is 21.3. The molecule has 5 rings (SSSR count). The maximum atomic E-state index is 13.2. The third-order valence-electron chi connectivity index (χ3n) is 7.69. The lowest BCUT2D eigenvalue weighted by atomic mass is 9.81. The third-order valence-corrected chi connectivity index (χ3v) is 7.69. The summed E-state index contributed by atoms with van der Waals surface area (Å²) < 4.78 is 46.8. The Kier molecular flexibility index (Phi) is 8.37. The number of anilines is 1. The number of likely N-dealkylation sites (tertiary alicyclic amines) is 1. The first kappa shape index (κ1) is 27.7. The molecule has 0 bridgehead atoms. The standard InChI is InChI=1S/C29H32F3N5O3/c30-29(31,32)22-12-10-21(11-13-22)28(39)37-16-5-8-23(37)19-40-24-9-4-15-33-26(24)27(38)34-25-14-17-36(35-25)18-20-6-2-1-3-7-20/h1-4,6-7,9,14-15,17,21-23H,5,8,10-13,16,18-19H2,(H,34,35,38)/t21-,22-,23-/m1/s1. The Bertz CT molecular complexity index is 1310. The Morgan fingerprint density at radius 1 is 1.00 bits per heavy atom. The van der Waals surface area contributed by atoms with Crippen LogP contribution in [0.15, 0.2) is 60.9 Å². The van der Waals surface area contributed by atoms with Gasteiger partial charge in [-0.15, -0.1) is 0 Å². The fraction of sp³-hybridized carbons (Fsp3) is 0.448. The van der Waals surface area contributed by atoms with E-state index in [9.17, 15) is 22.8 Å². The molecule has 2 amide bonds. The van der Waals surface area contributed by atoms with Crippen molar-refractivity contribution < 1.29 is 27.5 Å². The van der Waals surface area contributed by atoms with Crippen molar-refractivity contribution in [2.45, 2.75) is 57.3 Å². The van der Waals surface area contributed by atoms with Crippen LogP contribution in [0.3, 0.4) is 0 Å². The summed E-state index contributed by atoms with van der Waals surface area (Å²) in [5, 5.41) is 7.17. The first-order valence-corrected chi connectivity index (χ1v) is 13.6. The van der Waals surface area contributed by atoms with E-state index < -0.39 is 18.0 Å². The molecule has 2 aromatic heterocycles. The molecule has 1 saturated carbocycles. The van der Waals surface area contributed by atoms with Gasteiger partial charge in [-0.3, -0.25) is 14.3 Å². The molecule has 0 unspecified atom stereocenters. The summed E-state index contributed by atoms with van der Waals surface area (Å²) in [6.45, 7) is 1.29. The van der Waals surface area contributed by atoms with Gasteiger partial charge < -0.3 is 15.0 Å². The van der Waals surface area contributed by atoms with Crippen molar-refractivity contribution in [1.82, 2.24) is 19.7 Å². The number of amides is 2. The van der Waals surface area contributed by atoms with Gasteiger partial charge in [-0.1, -0.05) is 30.3 Å². The summed E-state index contributed by atoms with van der Waals surface area (Å²) in [6.07, 6.45) is 1.09. The Labute approximate surface area is 230 Å². The van der Waals surface area contributed by atoms with Crippen LogP contribution in [0.5, 0.6) is 5.75 Å². The van der Waals surface area contributed by atoms with Crippen LogP contribution in [0.25, 0.3) is 0 Å². The van der Waals surface area contributed by atoms with Crippen LogP contribution in [0.2, 0.25) is 0 Å². The number of rotatable bonds is 8. The molecule has 212 valence electrons. The molecule has 1 N–H and O–H groups in total. The highest BCUT2D eigenvalue weighted by Crippen LogP contribution is 2.40. The number of carbonyl (C=O) groups is 2. The summed E-state index contributed by atoms with van der Waals surface area (Å²) >= 11 is 0. The number of pyridine rings is 1. The van der Waals surface area contributed by atoms with Gasteiger partial charge in [0.05, 0.1) is 18.5 Å². The molecule has 2 fully saturated rings. The van der Waals surface area contributed by atoms with Gasteiger partial charge in [0.25, 0.3) is 5.91 Å². The summed E-state index contributed by atoms with van der Waals surface area (Å²) in [6, 6.07) is 14.6. The van der Waals surface area contributed by atoms with Crippen molar-refractivity contribution in [1.29, 1.82) is 0 Å². The van der Waals surface area contributed by atoms with Gasteiger partial charge in [0, 0.05) is 30.9 Å². The average molecular weight is 556 g/mol. The van der Waals surface area contributed by atoms with Crippen molar-refractivity contribution in [3.63, 3.8) is 0 Å². The van der Waals surface area contributed by atoms with Gasteiger partial charge >= 0.3 is 6.18 Å². The van der Waals surface area contributed by atoms with Crippen LogP contribution in [-0.4, -0.2) is 56.8 Å². The molecule has 8 nitrogen and oxygen atoms in total. The second-order valence-electron chi connectivity index (χ2n) is 10.4. The first-order valence-electron chi connectivity index (χ1n) is 13.6. The number of carbonyl (C=O) groups excluding carboxylic acids is 2. The number of halogens is 3. The minimum atomic E-state index is -4.20. The predicted molar refractivity (Wildman–Crippen MR) is 142 cm³/mol. The lowest BCUT2D eigenvalue weighted by Crippen LogP contribution is -2.44. The monoisotopic (exact) mass is 555 g/mol. The first-order chi connectivity index (χ1) is 19.3. The molecule has 3 aromatic rings. The lowest BCUT2D eigenvalue weighted by Gasteiger charge is -2.33. The van der Waals surface area contributed by atoms with E-state index in [1.165, 1.54) is 6.20 Å². The van der Waals surface area contributed by atoms with Crippen LogP contribution >= 0.6 is 0 Å². The number of alkyl halides is 3. The summed E-state index contributed by atoms with van der Waals surface area (Å²) in [5.41, 5.74) is 1.18. The molecule has 1 aliphatic carbocycles. The number of hydrogen-bond acceptors (Lipinski definition) is 5. The van der Waals surface area contributed by atoms with Gasteiger partial charge in [0.1, 0.15) is 6.61 Å². The number of ether oxygens (including phenoxy) is 1. The minimum absolute atomic E-state index is 0.00638. The van der Waals surface area contributed by atoms with E-state index >= 15 is 0 Å². The Hall–Kier alpha value is -3.89. The summed E-state index contributed by atoms with van der Waals surface area (Å²) in [4.78, 5) is 32.2. The van der Waals surface area contributed by atoms with Crippen LogP contribution < -0.4 is 10.1 Å². The highest BCUT2D eigenvalue weighted by molar-refractivity contribution is 6.04. The molecule has 0 radical (unpaired) electrons. The highest BCUT2D eigenvalue weighted by atomic mass is 19.4. The zero-order valence-electron chi connectivity index (χ0n) is 22.0. The molecule has 2 aliphatic rings. The predicted octanol–water partition coefficient (Wildman–Crippen LogP) is 5.32. The van der Waals surface area contributed by atoms with Crippen molar-refractivity contribution in [2.24, 2.45) is 11.8 Å². The largest absolute Gasteiger partial charge is 0.489 e. The number of nitrogens with zero attached hydrogens (tertiary/aromatic N) is 4. The van der Waals surface area contributed by atoms with E-state index in [-0.39, 0.29) is 61.6 Å². The van der Waals surface area contributed by atoms with Gasteiger partial charge in [-0.2, -0.15) is 18.3 Å². The molecule has 3 heterocycles. The van der Waals surface area contributed by atoms with Gasteiger partial charge in [-0.25, -0.2) is 4.98 Å². The molecule has 1 aliphatic heterocycles. The van der Waals surface area contributed by atoms with Crippen LogP contribution in [0, 0.1) is 11.8 Å². The molecule has 0 spiro atoms.